The summed E-state index contributed by atoms with van der Waals surface area (Å²) in [7, 11) is 2.17. The summed E-state index contributed by atoms with van der Waals surface area (Å²) in [4.78, 5) is 2.88. The summed E-state index contributed by atoms with van der Waals surface area (Å²) in [6.07, 6.45) is 12.7. The summed E-state index contributed by atoms with van der Waals surface area (Å²) in [5.74, 6) is 0. The molecule has 0 radical (unpaired) electrons. The molecule has 0 aromatic rings. The topological polar surface area (TPSA) is 15.3 Å². The Bertz CT molecular complexity index is 241. The van der Waals surface area contributed by atoms with Gasteiger partial charge in [0.25, 0.3) is 0 Å². The van der Waals surface area contributed by atoms with Gasteiger partial charge in [-0.3, -0.25) is 4.90 Å². The number of hydrogen-bond donors (Lipinski definition) is 1. The molecule has 1 saturated carbocycles. The van der Waals surface area contributed by atoms with Crippen LogP contribution in [0.25, 0.3) is 0 Å². The molecule has 4 unspecified atom stereocenters. The van der Waals surface area contributed by atoms with Crippen molar-refractivity contribution >= 4 is 0 Å². The molecule has 2 rings (SSSR count). The van der Waals surface area contributed by atoms with Crippen LogP contribution in [0.5, 0.6) is 0 Å². The molecule has 106 valence electrons. The molecule has 1 aliphatic heterocycles. The fourth-order valence-corrected chi connectivity index (χ4v) is 4.26. The van der Waals surface area contributed by atoms with E-state index in [4.69, 9.17) is 0 Å². The number of likely N-dealkylation sites (tertiary alicyclic amines) is 1. The van der Waals surface area contributed by atoms with Crippen molar-refractivity contribution in [1.29, 1.82) is 0 Å². The molecular weight excluding hydrogens is 220 g/mol. The van der Waals surface area contributed by atoms with Crippen LogP contribution in [0.1, 0.15) is 71.6 Å². The van der Waals surface area contributed by atoms with Gasteiger partial charge < -0.3 is 5.32 Å². The predicted octanol–water partition coefficient (Wildman–Crippen LogP) is 3.56. The third kappa shape index (κ3) is 3.08. The van der Waals surface area contributed by atoms with Crippen molar-refractivity contribution in [3.63, 3.8) is 0 Å². The van der Waals surface area contributed by atoms with E-state index in [1.165, 1.54) is 57.8 Å². The summed E-state index contributed by atoms with van der Waals surface area (Å²) < 4.78 is 0. The standard InChI is InChI=1S/C16H32N2/c1-4-14-12-11-13(2)18(14)16-10-8-6-5-7-9-15(16)17-3/h13-17H,4-12H2,1-3H3. The molecule has 2 aliphatic rings. The van der Waals surface area contributed by atoms with Gasteiger partial charge in [0.2, 0.25) is 0 Å². The highest BCUT2D eigenvalue weighted by Gasteiger charge is 2.37. The molecule has 0 aromatic carbocycles. The lowest BCUT2D eigenvalue weighted by Crippen LogP contribution is -2.53. The first-order valence-corrected chi connectivity index (χ1v) is 8.22. The molecule has 18 heavy (non-hydrogen) atoms. The van der Waals surface area contributed by atoms with Gasteiger partial charge in [0.1, 0.15) is 0 Å². The Morgan fingerprint density at radius 3 is 2.39 bits per heavy atom. The van der Waals surface area contributed by atoms with Crippen LogP contribution < -0.4 is 5.32 Å². The summed E-state index contributed by atoms with van der Waals surface area (Å²) in [6, 6.07) is 3.16. The normalized spacial score (nSPS) is 39.5. The van der Waals surface area contributed by atoms with E-state index in [1.807, 2.05) is 0 Å². The molecule has 0 bridgehead atoms. The van der Waals surface area contributed by atoms with Crippen LogP contribution in [0.3, 0.4) is 0 Å². The van der Waals surface area contributed by atoms with Crippen LogP contribution in [0.4, 0.5) is 0 Å². The van der Waals surface area contributed by atoms with Gasteiger partial charge in [-0.05, 0) is 46.1 Å². The minimum atomic E-state index is 0.722. The molecule has 1 heterocycles. The maximum atomic E-state index is 3.62. The van der Waals surface area contributed by atoms with Gasteiger partial charge in [-0.15, -0.1) is 0 Å². The summed E-state index contributed by atoms with van der Waals surface area (Å²) in [5, 5.41) is 3.62. The Morgan fingerprint density at radius 2 is 1.72 bits per heavy atom. The molecule has 2 heteroatoms. The summed E-state index contributed by atoms with van der Waals surface area (Å²) in [6.45, 7) is 4.81. The Balaban J connectivity index is 2.09. The quantitative estimate of drug-likeness (QED) is 0.826. The van der Waals surface area contributed by atoms with E-state index in [2.05, 4.69) is 31.1 Å². The van der Waals surface area contributed by atoms with Crippen LogP contribution in [0.15, 0.2) is 0 Å². The minimum Gasteiger partial charge on any atom is -0.315 e. The lowest BCUT2D eigenvalue weighted by Gasteiger charge is -2.41. The van der Waals surface area contributed by atoms with Gasteiger partial charge in [0.05, 0.1) is 0 Å². The highest BCUT2D eigenvalue weighted by Crippen LogP contribution is 2.33. The zero-order valence-corrected chi connectivity index (χ0v) is 12.6. The van der Waals surface area contributed by atoms with Gasteiger partial charge in [0.15, 0.2) is 0 Å². The number of hydrogen-bond acceptors (Lipinski definition) is 2. The van der Waals surface area contributed by atoms with Crippen LogP contribution >= 0.6 is 0 Å². The Morgan fingerprint density at radius 1 is 1.00 bits per heavy atom. The highest BCUT2D eigenvalue weighted by atomic mass is 15.3. The second kappa shape index (κ2) is 6.91. The smallest absolute Gasteiger partial charge is 0.0254 e. The van der Waals surface area contributed by atoms with Crippen molar-refractivity contribution in [1.82, 2.24) is 10.2 Å². The number of nitrogens with one attached hydrogen (secondary N) is 1. The molecule has 1 saturated heterocycles. The molecule has 1 aliphatic carbocycles. The van der Waals surface area contributed by atoms with E-state index in [9.17, 15) is 0 Å². The molecule has 0 spiro atoms. The first-order valence-electron chi connectivity index (χ1n) is 8.22. The second-order valence-electron chi connectivity index (χ2n) is 6.39. The van der Waals surface area contributed by atoms with Crippen LogP contribution in [-0.4, -0.2) is 36.1 Å². The van der Waals surface area contributed by atoms with Gasteiger partial charge >= 0.3 is 0 Å². The third-order valence-corrected chi connectivity index (χ3v) is 5.30. The van der Waals surface area contributed by atoms with Crippen molar-refractivity contribution in [3.05, 3.63) is 0 Å². The monoisotopic (exact) mass is 252 g/mol. The average molecular weight is 252 g/mol. The molecular formula is C16H32N2. The zero-order chi connectivity index (χ0) is 13.0. The van der Waals surface area contributed by atoms with Crippen molar-refractivity contribution in [3.8, 4) is 0 Å². The molecule has 4 atom stereocenters. The Hall–Kier alpha value is -0.0800. The van der Waals surface area contributed by atoms with Gasteiger partial charge in [-0.1, -0.05) is 32.6 Å². The van der Waals surface area contributed by atoms with Crippen LogP contribution in [0.2, 0.25) is 0 Å². The lowest BCUT2D eigenvalue weighted by atomic mass is 9.90. The Kier molecular flexibility index (Phi) is 5.50. The third-order valence-electron chi connectivity index (χ3n) is 5.30. The van der Waals surface area contributed by atoms with E-state index in [0.717, 1.165) is 24.2 Å². The first kappa shape index (κ1) is 14.3. The van der Waals surface area contributed by atoms with Crippen molar-refractivity contribution < 1.29 is 0 Å². The van der Waals surface area contributed by atoms with Crippen LogP contribution in [0, 0.1) is 0 Å². The highest BCUT2D eigenvalue weighted by molar-refractivity contribution is 4.94. The number of nitrogens with zero attached hydrogens (tertiary/aromatic N) is 1. The minimum absolute atomic E-state index is 0.722. The van der Waals surface area contributed by atoms with E-state index in [0.29, 0.717) is 0 Å². The largest absolute Gasteiger partial charge is 0.315 e. The van der Waals surface area contributed by atoms with E-state index in [1.54, 1.807) is 0 Å². The Labute approximate surface area is 114 Å². The molecule has 1 N–H and O–H groups in total. The van der Waals surface area contributed by atoms with Crippen molar-refractivity contribution in [2.75, 3.05) is 7.05 Å². The van der Waals surface area contributed by atoms with Gasteiger partial charge in [-0.2, -0.15) is 0 Å². The van der Waals surface area contributed by atoms with E-state index < -0.39 is 0 Å². The maximum Gasteiger partial charge on any atom is 0.0254 e. The SMILES string of the molecule is CCC1CCC(C)N1C1CCCCCCC1NC. The van der Waals surface area contributed by atoms with E-state index in [-0.39, 0.29) is 0 Å². The van der Waals surface area contributed by atoms with Crippen molar-refractivity contribution in [2.45, 2.75) is 95.8 Å². The van der Waals surface area contributed by atoms with Crippen molar-refractivity contribution in [2.24, 2.45) is 0 Å². The predicted molar refractivity (Wildman–Crippen MR) is 79.0 cm³/mol. The number of rotatable bonds is 3. The van der Waals surface area contributed by atoms with E-state index >= 15 is 0 Å². The molecule has 2 fully saturated rings. The maximum absolute atomic E-state index is 3.62. The molecule has 2 nitrogen and oxygen atoms in total. The van der Waals surface area contributed by atoms with Gasteiger partial charge in [0, 0.05) is 24.2 Å². The fourth-order valence-electron chi connectivity index (χ4n) is 4.26. The zero-order valence-electron chi connectivity index (χ0n) is 12.6. The second-order valence-corrected chi connectivity index (χ2v) is 6.39. The summed E-state index contributed by atoms with van der Waals surface area (Å²) >= 11 is 0. The molecule has 0 amide bonds. The number of likely N-dealkylation sites (N-methyl/N-ethyl adjacent to an activating group) is 1. The lowest BCUT2D eigenvalue weighted by molar-refractivity contribution is 0.0886. The average Bonchev–Trinajstić information content (AvgIpc) is 2.71. The van der Waals surface area contributed by atoms with Crippen LogP contribution in [-0.2, 0) is 0 Å². The van der Waals surface area contributed by atoms with Gasteiger partial charge in [-0.25, -0.2) is 0 Å². The fraction of sp³-hybridized carbons (Fsp3) is 1.00. The molecule has 0 aromatic heterocycles. The summed E-state index contributed by atoms with van der Waals surface area (Å²) in [5.41, 5.74) is 0. The first-order chi connectivity index (χ1) is 8.77.